The van der Waals surface area contributed by atoms with Crippen molar-refractivity contribution in [1.29, 1.82) is 0 Å². The number of rotatable bonds is 6. The number of ether oxygens (including phenoxy) is 3. The molecule has 1 aromatic heterocycles. The van der Waals surface area contributed by atoms with Gasteiger partial charge < -0.3 is 18.7 Å². The second-order valence-electron chi connectivity index (χ2n) is 3.99. The number of hydrogen-bond donors (Lipinski definition) is 2. The third kappa shape index (κ3) is 3.63. The number of carbonyl (C=O) groups is 1. The summed E-state index contributed by atoms with van der Waals surface area (Å²) in [4.78, 5) is 11.2. The molecule has 2 rings (SSSR count). The lowest BCUT2D eigenvalue weighted by atomic mass is 10.3. The minimum atomic E-state index is -0.534. The monoisotopic (exact) mass is 293 g/mol. The third-order valence-corrected chi connectivity index (χ3v) is 2.63. The maximum Gasteiger partial charge on any atom is 0.287 e. The first-order valence-electron chi connectivity index (χ1n) is 5.98. The summed E-state index contributed by atoms with van der Waals surface area (Å²) in [6, 6.07) is 6.57. The highest BCUT2D eigenvalue weighted by atomic mass is 16.5. The lowest BCUT2D eigenvalue weighted by molar-refractivity contribution is 0.0944. The molecule has 21 heavy (non-hydrogen) atoms. The van der Waals surface area contributed by atoms with E-state index >= 15 is 0 Å². The molecule has 0 saturated heterocycles. The number of hydrazine groups is 1. The van der Waals surface area contributed by atoms with Gasteiger partial charge in [-0.25, -0.2) is 5.84 Å². The quantitative estimate of drug-likeness (QED) is 0.462. The number of benzene rings is 1. The molecule has 0 aliphatic heterocycles. The summed E-state index contributed by atoms with van der Waals surface area (Å²) in [5.41, 5.74) is 2.05. The Morgan fingerprint density at radius 1 is 1.19 bits per heavy atom. The molecule has 3 N–H and O–H groups in total. The lowest BCUT2D eigenvalue weighted by Gasteiger charge is -2.08. The zero-order chi connectivity index (χ0) is 15.2. The zero-order valence-corrected chi connectivity index (χ0v) is 11.6. The van der Waals surface area contributed by atoms with Crippen molar-refractivity contribution in [1.82, 2.24) is 10.6 Å². The van der Waals surface area contributed by atoms with Gasteiger partial charge in [0.25, 0.3) is 5.91 Å². The maximum atomic E-state index is 11.2. The number of nitrogen functional groups attached to an aromatic ring is 1. The van der Waals surface area contributed by atoms with Gasteiger partial charge in [0.05, 0.1) is 14.2 Å². The molecule has 1 aromatic carbocycles. The SMILES string of the molecule is COc1cc(OC)cc(OCc2cc(C(=O)NN)no2)c1. The molecule has 0 radical (unpaired) electrons. The van der Waals surface area contributed by atoms with Gasteiger partial charge in [-0.15, -0.1) is 0 Å². The molecule has 2 aromatic rings. The number of nitrogens with zero attached hydrogens (tertiary/aromatic N) is 1. The fraction of sp³-hybridized carbons (Fsp3) is 0.231. The van der Waals surface area contributed by atoms with Gasteiger partial charge in [-0.2, -0.15) is 0 Å². The van der Waals surface area contributed by atoms with Crippen LogP contribution in [-0.4, -0.2) is 25.3 Å². The molecule has 0 saturated carbocycles. The van der Waals surface area contributed by atoms with Crippen LogP contribution in [0.3, 0.4) is 0 Å². The molecule has 0 bridgehead atoms. The van der Waals surface area contributed by atoms with Crippen LogP contribution < -0.4 is 25.5 Å². The summed E-state index contributed by atoms with van der Waals surface area (Å²) in [6.45, 7) is 0.0984. The van der Waals surface area contributed by atoms with Crippen molar-refractivity contribution in [3.8, 4) is 17.2 Å². The highest BCUT2D eigenvalue weighted by molar-refractivity contribution is 5.91. The first kappa shape index (κ1) is 14.7. The second-order valence-corrected chi connectivity index (χ2v) is 3.99. The zero-order valence-electron chi connectivity index (χ0n) is 11.6. The number of aromatic nitrogens is 1. The summed E-state index contributed by atoms with van der Waals surface area (Å²) in [6.07, 6.45) is 0. The smallest absolute Gasteiger partial charge is 0.287 e. The van der Waals surface area contributed by atoms with Crippen molar-refractivity contribution in [3.63, 3.8) is 0 Å². The molecule has 0 unspecified atom stereocenters. The van der Waals surface area contributed by atoms with E-state index in [2.05, 4.69) is 5.16 Å². The van der Waals surface area contributed by atoms with E-state index in [1.54, 1.807) is 32.4 Å². The normalized spacial score (nSPS) is 10.0. The molecule has 1 amide bonds. The van der Waals surface area contributed by atoms with E-state index in [-0.39, 0.29) is 12.3 Å². The van der Waals surface area contributed by atoms with Gasteiger partial charge in [0.2, 0.25) is 0 Å². The highest BCUT2D eigenvalue weighted by Crippen LogP contribution is 2.27. The Morgan fingerprint density at radius 2 is 1.81 bits per heavy atom. The van der Waals surface area contributed by atoms with Gasteiger partial charge in [-0.1, -0.05) is 5.16 Å². The average Bonchev–Trinajstić information content (AvgIpc) is 3.00. The Morgan fingerprint density at radius 3 is 2.38 bits per heavy atom. The van der Waals surface area contributed by atoms with Crippen LogP contribution >= 0.6 is 0 Å². The summed E-state index contributed by atoms with van der Waals surface area (Å²) in [5, 5.41) is 3.57. The first-order chi connectivity index (χ1) is 10.2. The standard InChI is InChI=1S/C13H15N3O5/c1-18-8-3-9(19-2)5-10(4-8)20-7-11-6-12(16-21-11)13(17)15-14/h3-6H,7,14H2,1-2H3,(H,15,17). The molecule has 1 heterocycles. The number of nitrogens with two attached hydrogens (primary N) is 1. The topological polar surface area (TPSA) is 109 Å². The van der Waals surface area contributed by atoms with Crippen LogP contribution in [0.4, 0.5) is 0 Å². The van der Waals surface area contributed by atoms with Crippen LogP contribution in [0.15, 0.2) is 28.8 Å². The molecule has 0 aliphatic carbocycles. The van der Waals surface area contributed by atoms with Crippen molar-refractivity contribution in [2.45, 2.75) is 6.61 Å². The Hall–Kier alpha value is -2.74. The molecule has 8 heteroatoms. The van der Waals surface area contributed by atoms with E-state index in [9.17, 15) is 4.79 Å². The van der Waals surface area contributed by atoms with Crippen LogP contribution in [0.5, 0.6) is 17.2 Å². The number of carbonyl (C=O) groups excluding carboxylic acids is 1. The fourth-order valence-corrected chi connectivity index (χ4v) is 1.58. The van der Waals surface area contributed by atoms with Crippen LogP contribution in [-0.2, 0) is 6.61 Å². The minimum Gasteiger partial charge on any atom is -0.496 e. The summed E-state index contributed by atoms with van der Waals surface area (Å²) in [5.74, 6) is 6.59. The van der Waals surface area contributed by atoms with Crippen molar-refractivity contribution in [3.05, 3.63) is 35.7 Å². The predicted octanol–water partition coefficient (Wildman–Crippen LogP) is 0.874. The van der Waals surface area contributed by atoms with Gasteiger partial charge in [-0.05, 0) is 0 Å². The lowest BCUT2D eigenvalue weighted by Crippen LogP contribution is -2.30. The average molecular weight is 293 g/mol. The van der Waals surface area contributed by atoms with E-state index in [0.717, 1.165) is 0 Å². The Balaban J connectivity index is 2.05. The van der Waals surface area contributed by atoms with Crippen molar-refractivity contribution >= 4 is 5.91 Å². The molecule has 112 valence electrons. The van der Waals surface area contributed by atoms with Crippen molar-refractivity contribution in [2.24, 2.45) is 5.84 Å². The predicted molar refractivity (Wildman–Crippen MR) is 72.0 cm³/mol. The molecule has 8 nitrogen and oxygen atoms in total. The number of methoxy groups -OCH3 is 2. The Labute approximate surface area is 120 Å². The van der Waals surface area contributed by atoms with Gasteiger partial charge in [0.1, 0.15) is 23.9 Å². The van der Waals surface area contributed by atoms with E-state index < -0.39 is 5.91 Å². The van der Waals surface area contributed by atoms with E-state index in [1.807, 2.05) is 5.43 Å². The van der Waals surface area contributed by atoms with Crippen LogP contribution in [0.1, 0.15) is 16.2 Å². The summed E-state index contributed by atoms with van der Waals surface area (Å²) < 4.78 is 20.8. The van der Waals surface area contributed by atoms with Crippen LogP contribution in [0.2, 0.25) is 0 Å². The second kappa shape index (κ2) is 6.62. The number of hydrogen-bond acceptors (Lipinski definition) is 7. The molecule has 0 aliphatic rings. The Bertz CT molecular complexity index is 604. The molecular formula is C13H15N3O5. The summed E-state index contributed by atoms with van der Waals surface area (Å²) >= 11 is 0. The first-order valence-corrected chi connectivity index (χ1v) is 5.98. The molecule has 0 fully saturated rings. The highest BCUT2D eigenvalue weighted by Gasteiger charge is 2.12. The fourth-order valence-electron chi connectivity index (χ4n) is 1.58. The van der Waals surface area contributed by atoms with Crippen molar-refractivity contribution < 1.29 is 23.5 Å². The van der Waals surface area contributed by atoms with Gasteiger partial charge in [-0.3, -0.25) is 10.2 Å². The van der Waals surface area contributed by atoms with Crippen LogP contribution in [0, 0.1) is 0 Å². The maximum absolute atomic E-state index is 11.2. The molecule has 0 atom stereocenters. The minimum absolute atomic E-state index is 0.0827. The van der Waals surface area contributed by atoms with Gasteiger partial charge >= 0.3 is 0 Å². The third-order valence-electron chi connectivity index (χ3n) is 2.63. The van der Waals surface area contributed by atoms with Crippen LogP contribution in [0.25, 0.3) is 0 Å². The summed E-state index contributed by atoms with van der Waals surface area (Å²) in [7, 11) is 3.10. The van der Waals surface area contributed by atoms with Gasteiger partial charge in [0, 0.05) is 24.3 Å². The number of amides is 1. The van der Waals surface area contributed by atoms with Gasteiger partial charge in [0.15, 0.2) is 11.5 Å². The van der Waals surface area contributed by atoms with E-state index in [4.69, 9.17) is 24.6 Å². The number of nitrogens with one attached hydrogen (secondary N) is 1. The largest absolute Gasteiger partial charge is 0.496 e. The van der Waals surface area contributed by atoms with Crippen molar-refractivity contribution in [2.75, 3.05) is 14.2 Å². The van der Waals surface area contributed by atoms with E-state index in [1.165, 1.54) is 6.07 Å². The molecular weight excluding hydrogens is 278 g/mol. The molecule has 0 spiro atoms. The Kier molecular flexibility index (Phi) is 4.62. The van der Waals surface area contributed by atoms with E-state index in [0.29, 0.717) is 23.0 Å².